The van der Waals surface area contributed by atoms with Gasteiger partial charge in [-0.2, -0.15) is 0 Å². The van der Waals surface area contributed by atoms with Crippen LogP contribution in [0.2, 0.25) is 0 Å². The van der Waals surface area contributed by atoms with Crippen molar-refractivity contribution in [2.75, 3.05) is 20.2 Å². The molecule has 1 aliphatic rings. The van der Waals surface area contributed by atoms with Crippen LogP contribution in [0.3, 0.4) is 0 Å². The molecule has 0 aromatic heterocycles. The molecule has 28 heavy (non-hydrogen) atoms. The molecule has 1 N–H and O–H groups in total. The molecule has 0 spiro atoms. The lowest BCUT2D eigenvalue weighted by atomic mass is 10.1. The van der Waals surface area contributed by atoms with E-state index in [-0.39, 0.29) is 31.3 Å². The number of carboxylic acids is 1. The lowest BCUT2D eigenvalue weighted by Crippen LogP contribution is -2.28. The van der Waals surface area contributed by atoms with Gasteiger partial charge in [0.2, 0.25) is 5.91 Å². The summed E-state index contributed by atoms with van der Waals surface area (Å²) in [6.45, 7) is 0.638. The van der Waals surface area contributed by atoms with Gasteiger partial charge in [-0.3, -0.25) is 9.59 Å². The zero-order chi connectivity index (χ0) is 20.1. The summed E-state index contributed by atoms with van der Waals surface area (Å²) in [6, 6.07) is 11.8. The molecule has 6 nitrogen and oxygen atoms in total. The standard InChI is InChI=1S/C21H22FNO5/c1-27-18-8-4-6-14(9-10-23-12-16(21(25)26)11-19(23)24)20(18)28-13-15-5-2-3-7-17(15)22/h2-8,16H,9-13H2,1H3,(H,25,26). The fourth-order valence-electron chi connectivity index (χ4n) is 3.26. The topological polar surface area (TPSA) is 76.1 Å². The molecule has 2 aromatic rings. The van der Waals surface area contributed by atoms with Gasteiger partial charge in [0.05, 0.1) is 13.0 Å². The number of carboxylic acid groups (broad SMARTS) is 1. The number of hydrogen-bond donors (Lipinski definition) is 1. The van der Waals surface area contributed by atoms with Gasteiger partial charge in [0.1, 0.15) is 12.4 Å². The van der Waals surface area contributed by atoms with E-state index in [2.05, 4.69) is 0 Å². The quantitative estimate of drug-likeness (QED) is 0.754. The molecule has 0 bridgehead atoms. The summed E-state index contributed by atoms with van der Waals surface area (Å²) in [6.07, 6.45) is 0.506. The third-order valence-electron chi connectivity index (χ3n) is 4.83. The molecule has 3 rings (SSSR count). The Bertz CT molecular complexity index is 870. The monoisotopic (exact) mass is 387 g/mol. The van der Waals surface area contributed by atoms with Crippen molar-refractivity contribution in [1.29, 1.82) is 0 Å². The maximum Gasteiger partial charge on any atom is 0.308 e. The number of ether oxygens (including phenoxy) is 2. The van der Waals surface area contributed by atoms with Gasteiger partial charge in [-0.15, -0.1) is 0 Å². The lowest BCUT2D eigenvalue weighted by molar-refractivity contribution is -0.141. The highest BCUT2D eigenvalue weighted by atomic mass is 19.1. The zero-order valence-electron chi connectivity index (χ0n) is 15.6. The zero-order valence-corrected chi connectivity index (χ0v) is 15.6. The van der Waals surface area contributed by atoms with E-state index in [1.807, 2.05) is 12.1 Å². The Balaban J connectivity index is 1.72. The molecular weight excluding hydrogens is 365 g/mol. The van der Waals surface area contributed by atoms with E-state index < -0.39 is 11.9 Å². The Hall–Kier alpha value is -3.09. The van der Waals surface area contributed by atoms with Crippen molar-refractivity contribution in [1.82, 2.24) is 4.90 Å². The van der Waals surface area contributed by atoms with Crippen LogP contribution in [0.5, 0.6) is 11.5 Å². The highest BCUT2D eigenvalue weighted by Crippen LogP contribution is 2.33. The second-order valence-corrected chi connectivity index (χ2v) is 6.66. The van der Waals surface area contributed by atoms with Crippen LogP contribution in [0.25, 0.3) is 0 Å². The Morgan fingerprint density at radius 2 is 1.96 bits per heavy atom. The molecule has 7 heteroatoms. The Kier molecular flexibility index (Phi) is 6.13. The van der Waals surface area contributed by atoms with Gasteiger partial charge in [-0.1, -0.05) is 30.3 Å². The molecule has 2 aromatic carbocycles. The molecule has 1 atom stereocenters. The number of methoxy groups -OCH3 is 1. The molecule has 0 aliphatic carbocycles. The number of aliphatic carboxylic acids is 1. The Labute approximate surface area is 162 Å². The van der Waals surface area contributed by atoms with Crippen molar-refractivity contribution < 1.29 is 28.6 Å². The smallest absolute Gasteiger partial charge is 0.308 e. The number of amides is 1. The first-order valence-corrected chi connectivity index (χ1v) is 9.02. The summed E-state index contributed by atoms with van der Waals surface area (Å²) < 4.78 is 25.1. The number of carbonyl (C=O) groups is 2. The van der Waals surface area contributed by atoms with E-state index in [4.69, 9.17) is 14.6 Å². The fourth-order valence-corrected chi connectivity index (χ4v) is 3.26. The number of carbonyl (C=O) groups excluding carboxylic acids is 1. The predicted octanol–water partition coefficient (Wildman–Crippen LogP) is 2.89. The average Bonchev–Trinajstić information content (AvgIpc) is 3.07. The number of rotatable bonds is 8. The summed E-state index contributed by atoms with van der Waals surface area (Å²) in [5.74, 6) is -1.11. The van der Waals surface area contributed by atoms with E-state index in [0.29, 0.717) is 30.0 Å². The third kappa shape index (κ3) is 4.42. The molecular formula is C21H22FNO5. The normalized spacial score (nSPS) is 16.3. The second-order valence-electron chi connectivity index (χ2n) is 6.66. The fraction of sp³-hybridized carbons (Fsp3) is 0.333. The van der Waals surface area contributed by atoms with Gasteiger partial charge in [0.25, 0.3) is 0 Å². The first-order valence-electron chi connectivity index (χ1n) is 9.02. The third-order valence-corrected chi connectivity index (χ3v) is 4.83. The summed E-state index contributed by atoms with van der Waals surface area (Å²) in [5.41, 5.74) is 1.24. The van der Waals surface area contributed by atoms with E-state index in [0.717, 1.165) is 5.56 Å². The number of para-hydroxylation sites is 1. The van der Waals surface area contributed by atoms with Gasteiger partial charge >= 0.3 is 5.97 Å². The highest BCUT2D eigenvalue weighted by Gasteiger charge is 2.34. The van der Waals surface area contributed by atoms with Crippen molar-refractivity contribution in [3.63, 3.8) is 0 Å². The minimum absolute atomic E-state index is 0.0318. The molecule has 0 radical (unpaired) electrons. The first kappa shape index (κ1) is 19.7. The van der Waals surface area contributed by atoms with Crippen LogP contribution in [0.15, 0.2) is 42.5 Å². The maximum atomic E-state index is 13.9. The van der Waals surface area contributed by atoms with Crippen LogP contribution < -0.4 is 9.47 Å². The Morgan fingerprint density at radius 3 is 2.64 bits per heavy atom. The van der Waals surface area contributed by atoms with Crippen LogP contribution in [0.4, 0.5) is 4.39 Å². The van der Waals surface area contributed by atoms with Crippen LogP contribution in [-0.4, -0.2) is 42.1 Å². The van der Waals surface area contributed by atoms with Crippen molar-refractivity contribution in [2.45, 2.75) is 19.4 Å². The summed E-state index contributed by atoms with van der Waals surface area (Å²) >= 11 is 0. The first-order chi connectivity index (χ1) is 13.5. The van der Waals surface area contributed by atoms with Crippen molar-refractivity contribution >= 4 is 11.9 Å². The van der Waals surface area contributed by atoms with E-state index in [1.54, 1.807) is 29.2 Å². The minimum atomic E-state index is -0.953. The molecule has 1 amide bonds. The van der Waals surface area contributed by atoms with Crippen molar-refractivity contribution in [3.05, 3.63) is 59.4 Å². The van der Waals surface area contributed by atoms with Gasteiger partial charge in [0.15, 0.2) is 11.5 Å². The SMILES string of the molecule is COc1cccc(CCN2CC(C(=O)O)CC2=O)c1OCc1ccccc1F. The van der Waals surface area contributed by atoms with Gasteiger partial charge in [-0.25, -0.2) is 4.39 Å². The number of hydrogen-bond acceptors (Lipinski definition) is 4. The highest BCUT2D eigenvalue weighted by molar-refractivity contribution is 5.86. The largest absolute Gasteiger partial charge is 0.493 e. The summed E-state index contributed by atoms with van der Waals surface area (Å²) in [4.78, 5) is 24.7. The van der Waals surface area contributed by atoms with Gasteiger partial charge in [0, 0.05) is 25.1 Å². The molecule has 0 saturated carbocycles. The maximum absolute atomic E-state index is 13.9. The van der Waals surface area contributed by atoms with E-state index in [9.17, 15) is 14.0 Å². The van der Waals surface area contributed by atoms with Crippen molar-refractivity contribution in [3.8, 4) is 11.5 Å². The number of benzene rings is 2. The summed E-state index contributed by atoms with van der Waals surface area (Å²) in [5, 5.41) is 9.10. The van der Waals surface area contributed by atoms with E-state index >= 15 is 0 Å². The van der Waals surface area contributed by atoms with Crippen LogP contribution in [0, 0.1) is 11.7 Å². The molecule has 1 fully saturated rings. The van der Waals surface area contributed by atoms with E-state index in [1.165, 1.54) is 13.2 Å². The molecule has 1 unspecified atom stereocenters. The van der Waals surface area contributed by atoms with Crippen LogP contribution in [-0.2, 0) is 22.6 Å². The summed E-state index contributed by atoms with van der Waals surface area (Å²) in [7, 11) is 1.52. The lowest BCUT2D eigenvalue weighted by Gasteiger charge is -2.19. The molecule has 1 aliphatic heterocycles. The van der Waals surface area contributed by atoms with Gasteiger partial charge < -0.3 is 19.5 Å². The number of likely N-dealkylation sites (tertiary alicyclic amines) is 1. The predicted molar refractivity (Wildman–Crippen MR) is 99.8 cm³/mol. The Morgan fingerprint density at radius 1 is 1.21 bits per heavy atom. The van der Waals surface area contributed by atoms with Crippen LogP contribution in [0.1, 0.15) is 17.5 Å². The minimum Gasteiger partial charge on any atom is -0.493 e. The molecule has 1 heterocycles. The van der Waals surface area contributed by atoms with Crippen molar-refractivity contribution in [2.24, 2.45) is 5.92 Å². The van der Waals surface area contributed by atoms with Crippen LogP contribution >= 0.6 is 0 Å². The van der Waals surface area contributed by atoms with Gasteiger partial charge in [-0.05, 0) is 24.1 Å². The molecule has 1 saturated heterocycles. The molecule has 148 valence electrons. The number of nitrogens with zero attached hydrogens (tertiary/aromatic N) is 1. The second kappa shape index (κ2) is 8.73. The number of halogens is 1. The average molecular weight is 387 g/mol.